The van der Waals surface area contributed by atoms with Crippen LogP contribution in [0.1, 0.15) is 22.3 Å². The zero-order chi connectivity index (χ0) is 24.8. The Morgan fingerprint density at radius 1 is 0.806 bits per heavy atom. The first-order valence-corrected chi connectivity index (χ1v) is 11.8. The van der Waals surface area contributed by atoms with Gasteiger partial charge >= 0.3 is 5.56 Å². The van der Waals surface area contributed by atoms with Crippen molar-refractivity contribution in [2.45, 2.75) is 27.3 Å². The van der Waals surface area contributed by atoms with Gasteiger partial charge in [-0.3, -0.25) is 19.4 Å². The lowest BCUT2D eigenvalue weighted by Gasteiger charge is -2.12. The van der Waals surface area contributed by atoms with Gasteiger partial charge in [0.1, 0.15) is 5.69 Å². The summed E-state index contributed by atoms with van der Waals surface area (Å²) in [4.78, 5) is 22.4. The summed E-state index contributed by atoms with van der Waals surface area (Å²) >= 11 is 0. The van der Waals surface area contributed by atoms with E-state index in [-0.39, 0.29) is 5.56 Å². The van der Waals surface area contributed by atoms with E-state index < -0.39 is 0 Å². The van der Waals surface area contributed by atoms with Crippen LogP contribution in [-0.2, 0) is 6.54 Å². The van der Waals surface area contributed by atoms with Gasteiger partial charge in [0.05, 0.1) is 23.4 Å². The van der Waals surface area contributed by atoms with E-state index >= 15 is 0 Å². The summed E-state index contributed by atoms with van der Waals surface area (Å²) in [6.07, 6.45) is 5.47. The molecule has 0 unspecified atom stereocenters. The highest BCUT2D eigenvalue weighted by molar-refractivity contribution is 5.92. The minimum Gasteiger partial charge on any atom is -0.265 e. The van der Waals surface area contributed by atoms with Crippen LogP contribution in [0.4, 0.5) is 0 Å². The Morgan fingerprint density at radius 2 is 1.67 bits per heavy atom. The lowest BCUT2D eigenvalue weighted by atomic mass is 10.1. The number of pyridine rings is 2. The van der Waals surface area contributed by atoms with Gasteiger partial charge in [-0.2, -0.15) is 14.9 Å². The summed E-state index contributed by atoms with van der Waals surface area (Å²) in [5, 5.41) is 10.4. The number of fused-ring (bicyclic) bond motifs is 3. The predicted molar refractivity (Wildman–Crippen MR) is 141 cm³/mol. The zero-order valence-corrected chi connectivity index (χ0v) is 20.3. The standard InChI is InChI=1S/C29H24N6O/c1-18-7-6-10-25(20(18)3)35-29(36)28-27(33-35)22-8-4-5-9-26(22)34(32-28)17-21-11-12-24(31-15-21)23-16-30-14-13-19(23)2/h4-16H,17H2,1-3H3. The summed E-state index contributed by atoms with van der Waals surface area (Å²) in [5.74, 6) is 0. The largest absolute Gasteiger partial charge is 0.301 e. The summed E-state index contributed by atoms with van der Waals surface area (Å²) in [5.41, 5.74) is 8.54. The molecule has 0 bridgehead atoms. The van der Waals surface area contributed by atoms with Crippen LogP contribution < -0.4 is 5.56 Å². The second kappa shape index (κ2) is 8.53. The maximum atomic E-state index is 13.5. The second-order valence-corrected chi connectivity index (χ2v) is 9.05. The SMILES string of the molecule is Cc1ccncc1-c1ccc(Cn2nc3c(=O)n(-c4cccc(C)c4C)nc-3c3ccccc32)cn1. The highest BCUT2D eigenvalue weighted by atomic mass is 16.1. The van der Waals surface area contributed by atoms with Crippen molar-refractivity contribution in [3.63, 3.8) is 0 Å². The van der Waals surface area contributed by atoms with Crippen LogP contribution in [0.25, 0.3) is 39.2 Å². The number of aryl methyl sites for hydroxylation is 2. The molecule has 7 nitrogen and oxygen atoms in total. The summed E-state index contributed by atoms with van der Waals surface area (Å²) in [7, 11) is 0. The molecule has 2 aromatic carbocycles. The van der Waals surface area contributed by atoms with Crippen molar-refractivity contribution < 1.29 is 0 Å². The molecular formula is C29H24N6O. The van der Waals surface area contributed by atoms with Gasteiger partial charge in [0.2, 0.25) is 0 Å². The molecule has 36 heavy (non-hydrogen) atoms. The molecule has 2 aliphatic heterocycles. The smallest absolute Gasteiger partial charge is 0.265 e. The van der Waals surface area contributed by atoms with E-state index in [0.29, 0.717) is 17.9 Å². The topological polar surface area (TPSA) is 78.5 Å². The average Bonchev–Trinajstić information content (AvgIpc) is 3.23. The molecule has 0 aliphatic carbocycles. The third-order valence-corrected chi connectivity index (χ3v) is 6.75. The molecule has 0 saturated carbocycles. The second-order valence-electron chi connectivity index (χ2n) is 9.05. The van der Waals surface area contributed by atoms with Crippen molar-refractivity contribution in [2.24, 2.45) is 0 Å². The summed E-state index contributed by atoms with van der Waals surface area (Å²) in [6, 6.07) is 19.8. The van der Waals surface area contributed by atoms with E-state index in [1.165, 1.54) is 4.68 Å². The number of hydrogen-bond donors (Lipinski definition) is 0. The monoisotopic (exact) mass is 472 g/mol. The van der Waals surface area contributed by atoms with Gasteiger partial charge in [-0.05, 0) is 67.3 Å². The molecule has 2 aliphatic rings. The van der Waals surface area contributed by atoms with E-state index in [1.54, 1.807) is 6.20 Å². The van der Waals surface area contributed by atoms with Gasteiger partial charge in [0.15, 0.2) is 5.69 Å². The molecule has 0 fully saturated rings. The molecule has 0 N–H and O–H groups in total. The first kappa shape index (κ1) is 21.9. The molecule has 0 atom stereocenters. The fourth-order valence-corrected chi connectivity index (χ4v) is 4.57. The van der Waals surface area contributed by atoms with Crippen LogP contribution in [0.2, 0.25) is 0 Å². The fourth-order valence-electron chi connectivity index (χ4n) is 4.57. The van der Waals surface area contributed by atoms with Crippen molar-refractivity contribution >= 4 is 10.9 Å². The lowest BCUT2D eigenvalue weighted by Crippen LogP contribution is -2.18. The van der Waals surface area contributed by atoms with E-state index in [4.69, 9.17) is 10.2 Å². The summed E-state index contributed by atoms with van der Waals surface area (Å²) in [6.45, 7) is 6.56. The van der Waals surface area contributed by atoms with Gasteiger partial charge in [-0.15, -0.1) is 0 Å². The molecule has 0 radical (unpaired) electrons. The number of rotatable bonds is 4. The van der Waals surface area contributed by atoms with E-state index in [2.05, 4.69) is 9.97 Å². The van der Waals surface area contributed by atoms with Gasteiger partial charge in [0.25, 0.3) is 0 Å². The molecule has 0 saturated heterocycles. The van der Waals surface area contributed by atoms with Crippen molar-refractivity contribution in [3.05, 3.63) is 112 Å². The molecule has 4 aromatic rings. The first-order chi connectivity index (χ1) is 17.5. The Labute approximate surface area is 208 Å². The van der Waals surface area contributed by atoms with Crippen molar-refractivity contribution in [1.29, 1.82) is 0 Å². The van der Waals surface area contributed by atoms with E-state index in [9.17, 15) is 4.79 Å². The molecular weight excluding hydrogens is 448 g/mol. The van der Waals surface area contributed by atoms with Crippen LogP contribution in [0, 0.1) is 20.8 Å². The maximum Gasteiger partial charge on any atom is 0.301 e. The molecule has 4 heterocycles. The Hall–Kier alpha value is -4.65. The zero-order valence-electron chi connectivity index (χ0n) is 20.3. The number of aromatic nitrogens is 6. The van der Waals surface area contributed by atoms with Gasteiger partial charge in [-0.1, -0.05) is 36.4 Å². The van der Waals surface area contributed by atoms with Crippen molar-refractivity contribution in [1.82, 2.24) is 29.5 Å². The minimum atomic E-state index is -0.223. The van der Waals surface area contributed by atoms with Gasteiger partial charge < -0.3 is 0 Å². The number of para-hydroxylation sites is 1. The Morgan fingerprint density at radius 3 is 2.47 bits per heavy atom. The molecule has 176 valence electrons. The molecule has 7 heteroatoms. The Kier molecular flexibility index (Phi) is 5.18. The highest BCUT2D eigenvalue weighted by Gasteiger charge is 2.23. The summed E-state index contributed by atoms with van der Waals surface area (Å²) < 4.78 is 3.34. The Balaban J connectivity index is 1.46. The number of benzene rings is 2. The predicted octanol–water partition coefficient (Wildman–Crippen LogP) is 5.12. The number of nitrogens with zero attached hydrogens (tertiary/aromatic N) is 6. The average molecular weight is 473 g/mol. The maximum absolute atomic E-state index is 13.5. The fraction of sp³-hybridized carbons (Fsp3) is 0.138. The Bertz CT molecular complexity index is 1760. The minimum absolute atomic E-state index is 0.223. The lowest BCUT2D eigenvalue weighted by molar-refractivity contribution is 0.697. The van der Waals surface area contributed by atoms with E-state index in [0.717, 1.165) is 50.1 Å². The third kappa shape index (κ3) is 3.56. The van der Waals surface area contributed by atoms with E-state index in [1.807, 2.05) is 98.5 Å². The van der Waals surface area contributed by atoms with Gasteiger partial charge in [0, 0.05) is 29.5 Å². The van der Waals surface area contributed by atoms with Crippen LogP contribution in [0.5, 0.6) is 0 Å². The third-order valence-electron chi connectivity index (χ3n) is 6.75. The normalized spacial score (nSPS) is 11.4. The van der Waals surface area contributed by atoms with Crippen LogP contribution in [0.15, 0.2) is 84.0 Å². The molecule has 0 amide bonds. The van der Waals surface area contributed by atoms with Crippen LogP contribution >= 0.6 is 0 Å². The quantitative estimate of drug-likeness (QED) is 0.356. The highest BCUT2D eigenvalue weighted by Crippen LogP contribution is 2.27. The van der Waals surface area contributed by atoms with Crippen LogP contribution in [-0.4, -0.2) is 29.5 Å². The molecule has 0 spiro atoms. The van der Waals surface area contributed by atoms with Gasteiger partial charge in [-0.25, -0.2) is 0 Å². The van der Waals surface area contributed by atoms with Crippen LogP contribution in [0.3, 0.4) is 0 Å². The van der Waals surface area contributed by atoms with Crippen molar-refractivity contribution in [2.75, 3.05) is 0 Å². The van der Waals surface area contributed by atoms with Crippen molar-refractivity contribution in [3.8, 4) is 28.3 Å². The molecule has 6 rings (SSSR count). The first-order valence-electron chi connectivity index (χ1n) is 11.8. The number of hydrogen-bond acceptors (Lipinski definition) is 5. The molecule has 2 aromatic heterocycles.